The highest BCUT2D eigenvalue weighted by Gasteiger charge is 2.66. The first-order valence-corrected chi connectivity index (χ1v) is 20.7. The van der Waals surface area contributed by atoms with Crippen molar-refractivity contribution in [3.8, 4) is 0 Å². The monoisotopic (exact) mass is 1030 g/mol. The second kappa shape index (κ2) is 22.6. The van der Waals surface area contributed by atoms with Gasteiger partial charge in [0.15, 0.2) is 37.2 Å². The van der Waals surface area contributed by atoms with Gasteiger partial charge in [-0.1, -0.05) is 24.3 Å². The molecule has 0 aliphatic carbocycles. The van der Waals surface area contributed by atoms with Crippen LogP contribution in [0.2, 0.25) is 0 Å². The molecule has 2 aromatic carbocycles. The van der Waals surface area contributed by atoms with Crippen LogP contribution in [0.25, 0.3) is 0 Å². The van der Waals surface area contributed by atoms with E-state index in [9.17, 15) is 76.5 Å². The van der Waals surface area contributed by atoms with Crippen LogP contribution in [-0.2, 0) is 44.7 Å². The molecule has 15 atom stereocenters. The number of rotatable bonds is 14. The van der Waals surface area contributed by atoms with Crippen molar-refractivity contribution in [2.45, 2.75) is 116 Å². The molecule has 396 valence electrons. The fraction of sp³-hybridized carbons (Fsp3) is 0.605. The zero-order chi connectivity index (χ0) is 53.0. The van der Waals surface area contributed by atoms with E-state index in [-0.39, 0.29) is 24.2 Å². The third-order valence-electron chi connectivity index (χ3n) is 10.9. The largest absolute Gasteiger partial charge is 0.479 e. The van der Waals surface area contributed by atoms with Crippen LogP contribution >= 0.6 is 0 Å². The first-order chi connectivity index (χ1) is 33.1. The number of nitrogens with two attached hydrogens (primary N) is 1. The molecule has 2 aromatic rings. The molecule has 5 heterocycles. The minimum Gasteiger partial charge on any atom is -0.479 e. The van der Waals surface area contributed by atoms with Gasteiger partial charge in [0, 0.05) is 48.7 Å². The number of hydrogen-bond donors (Lipinski definition) is 16. The number of anilines is 2. The Bertz CT molecular complexity index is 2190. The number of carboxylic acid groups (broad SMARTS) is 2. The summed E-state index contributed by atoms with van der Waals surface area (Å²) in [6.45, 7) is 0.955. The maximum atomic E-state index is 13.1. The molecule has 6 unspecified atom stereocenters. The van der Waals surface area contributed by atoms with E-state index < -0.39 is 134 Å². The third-order valence-corrected chi connectivity index (χ3v) is 10.9. The Labute approximate surface area is 393 Å². The molecule has 3 saturated heterocycles. The van der Waals surface area contributed by atoms with Crippen molar-refractivity contribution in [2.24, 2.45) is 26.2 Å². The molecule has 0 aromatic heterocycles. The molecule has 7 rings (SSSR count). The summed E-state index contributed by atoms with van der Waals surface area (Å²) in [6, 6.07) is 10.9. The van der Waals surface area contributed by atoms with E-state index in [1.165, 1.54) is 36.4 Å². The van der Waals surface area contributed by atoms with Crippen LogP contribution in [-0.4, -0.2) is 210 Å². The van der Waals surface area contributed by atoms with E-state index in [1.54, 1.807) is 12.1 Å². The van der Waals surface area contributed by atoms with Gasteiger partial charge in [-0.05, 0) is 24.3 Å². The smallest absolute Gasteiger partial charge is 0.442 e. The summed E-state index contributed by atoms with van der Waals surface area (Å²) in [4.78, 5) is 34.5. The van der Waals surface area contributed by atoms with Gasteiger partial charge in [0.05, 0.1) is 0 Å². The van der Waals surface area contributed by atoms with Gasteiger partial charge in [0.2, 0.25) is 0 Å². The number of aliphatic carboxylic acids is 2. The molecule has 17 N–H and O–H groups in total. The number of carboxylic acids is 2. The van der Waals surface area contributed by atoms with Gasteiger partial charge in [0.25, 0.3) is 5.91 Å². The lowest BCUT2D eigenvalue weighted by molar-refractivity contribution is -0.345. The fourth-order valence-electron chi connectivity index (χ4n) is 6.83. The van der Waals surface area contributed by atoms with Crippen molar-refractivity contribution >= 4 is 29.2 Å². The van der Waals surface area contributed by atoms with Crippen LogP contribution in [0.3, 0.4) is 0 Å². The van der Waals surface area contributed by atoms with Crippen LogP contribution in [0.5, 0.6) is 0 Å². The summed E-state index contributed by atoms with van der Waals surface area (Å²) < 4.78 is 96.8. The number of benzene rings is 2. The van der Waals surface area contributed by atoms with E-state index >= 15 is 0 Å². The second-order valence-corrected chi connectivity index (χ2v) is 15.8. The first kappa shape index (κ1) is 56.5. The van der Waals surface area contributed by atoms with Crippen LogP contribution in [0.4, 0.5) is 37.7 Å². The van der Waals surface area contributed by atoms with Crippen LogP contribution in [0.15, 0.2) is 69.0 Å². The topological polar surface area (TPSA) is 442 Å². The number of carbonyl (C=O) groups is 3. The Morgan fingerprint density at radius 3 is 1.38 bits per heavy atom. The molecule has 0 bridgehead atoms. The molecule has 5 aliphatic rings. The molecular formula is C38H48F6N8O19. The standard InChI is InChI=1S/C22H27F3N4O12.C10H11F3N4.C6H10O7/c23-22(24,25)21(28-29-21)7-1-3-8(4-2-7)26-5-6-27-17(35)15-10(31)9(30)13(34)20(41-15)40-14-11(32)12(33)19(38)39-16(14)18(36)37;11-10(12,13)9(16-17-9)7-1-3-8(4-2-7)15-6-5-14;7-1-2(8)4(5(10)11)13-6(12)3(1)9/h1-4,9-16,19-20,26,30-34,38H,5-6H2,(H,27,35)(H,36,37);1-4,15H,5-6,14H2;1-4,6-9,12H,(H,10,11)/t9-,10?,11+,12+,13+,14?,15+,16+,19?,20?;;1-,2?,3+,4+,6?/m1.1/s1. The summed E-state index contributed by atoms with van der Waals surface area (Å²) in [5, 5.41) is 135. The maximum absolute atomic E-state index is 13.1. The highest BCUT2D eigenvalue weighted by Crippen LogP contribution is 2.53. The maximum Gasteiger partial charge on any atom is 0.442 e. The average Bonchev–Trinajstić information content (AvgIpc) is 4.26. The number of nitrogens with zero attached hydrogens (tertiary/aromatic N) is 4. The second-order valence-electron chi connectivity index (χ2n) is 15.8. The highest BCUT2D eigenvalue weighted by molar-refractivity contribution is 5.81. The number of nitrogens with one attached hydrogen (secondary N) is 3. The van der Waals surface area contributed by atoms with E-state index in [0.29, 0.717) is 18.8 Å². The third kappa shape index (κ3) is 12.6. The normalized spacial score (nSPS) is 33.5. The van der Waals surface area contributed by atoms with Crippen molar-refractivity contribution in [3.05, 3.63) is 59.7 Å². The van der Waals surface area contributed by atoms with Gasteiger partial charge in [0.1, 0.15) is 54.9 Å². The minimum atomic E-state index is -4.67. The Balaban J connectivity index is 0.000000253. The predicted octanol–water partition coefficient (Wildman–Crippen LogP) is -3.78. The molecule has 0 radical (unpaired) electrons. The van der Waals surface area contributed by atoms with Gasteiger partial charge >= 0.3 is 35.6 Å². The average molecular weight is 1030 g/mol. The molecule has 0 spiro atoms. The molecule has 1 amide bonds. The zero-order valence-corrected chi connectivity index (χ0v) is 36.0. The lowest BCUT2D eigenvalue weighted by Crippen LogP contribution is -2.66. The number of amides is 1. The Hall–Kier alpha value is -5.37. The number of ether oxygens (including phenoxy) is 4. The number of aliphatic hydroxyl groups excluding tert-OH is 10. The Kier molecular flexibility index (Phi) is 18.0. The van der Waals surface area contributed by atoms with Gasteiger partial charge in [-0.15, -0.1) is 20.5 Å². The highest BCUT2D eigenvalue weighted by atomic mass is 19.4. The first-order valence-electron chi connectivity index (χ1n) is 20.7. The van der Waals surface area contributed by atoms with Crippen LogP contribution in [0, 0.1) is 0 Å². The number of alkyl halides is 6. The zero-order valence-electron chi connectivity index (χ0n) is 36.0. The van der Waals surface area contributed by atoms with Crippen LogP contribution in [0.1, 0.15) is 11.1 Å². The summed E-state index contributed by atoms with van der Waals surface area (Å²) in [5.74, 6) is -4.24. The number of hydrogen-bond acceptors (Lipinski definition) is 24. The van der Waals surface area contributed by atoms with E-state index in [4.69, 9.17) is 45.5 Å². The molecule has 5 aliphatic heterocycles. The summed E-state index contributed by atoms with van der Waals surface area (Å²) in [6.07, 6.45) is -37.9. The SMILES string of the molecule is NCCNc1ccc(C2(C(F)(F)F)N=N2)cc1.O=C(NCCNc1ccc(C2(C(F)(F)F)N=N2)cc1)[C@H]1OC(OC2[C@@H](C(=O)O)OC(O)[C@@H](O)[C@@H]2O)[C@@H](O)[C@H](O)C1O.O=C(O)[C@H]1OC(O)[C@@H](O)[C@H](O)C1O. The fourth-order valence-corrected chi connectivity index (χ4v) is 6.83. The molecular weight excluding hydrogens is 986 g/mol. The van der Waals surface area contributed by atoms with E-state index in [1.807, 2.05) is 0 Å². The van der Waals surface area contributed by atoms with E-state index in [0.717, 1.165) is 5.69 Å². The Morgan fingerprint density at radius 1 is 0.549 bits per heavy atom. The van der Waals surface area contributed by atoms with Gasteiger partial charge in [-0.25, -0.2) is 9.59 Å². The molecule has 0 saturated carbocycles. The number of halogens is 6. The van der Waals surface area contributed by atoms with Crippen molar-refractivity contribution < 1.29 is 121 Å². The van der Waals surface area contributed by atoms with E-state index in [2.05, 4.69) is 41.1 Å². The number of aliphatic hydroxyl groups is 10. The molecule has 3 fully saturated rings. The minimum absolute atomic E-state index is 0.0308. The predicted molar refractivity (Wildman–Crippen MR) is 216 cm³/mol. The van der Waals surface area contributed by atoms with Crippen molar-refractivity contribution in [1.82, 2.24) is 5.32 Å². The Morgan fingerprint density at radius 2 is 0.958 bits per heavy atom. The van der Waals surface area contributed by atoms with Crippen molar-refractivity contribution in [1.29, 1.82) is 0 Å². The summed E-state index contributed by atoms with van der Waals surface area (Å²) in [5.41, 5.74) is 1.39. The van der Waals surface area contributed by atoms with Crippen molar-refractivity contribution in [2.75, 3.05) is 36.8 Å². The lowest BCUT2D eigenvalue weighted by Gasteiger charge is -2.44. The van der Waals surface area contributed by atoms with Crippen molar-refractivity contribution in [3.63, 3.8) is 0 Å². The van der Waals surface area contributed by atoms with Crippen LogP contribution < -0.4 is 21.7 Å². The quantitative estimate of drug-likeness (QED) is 0.0638. The summed E-state index contributed by atoms with van der Waals surface area (Å²) in [7, 11) is 0. The van der Waals surface area contributed by atoms with Gasteiger partial charge < -0.3 is 102 Å². The molecule has 71 heavy (non-hydrogen) atoms. The number of carbonyl (C=O) groups excluding carboxylic acids is 1. The summed E-state index contributed by atoms with van der Waals surface area (Å²) >= 11 is 0. The molecule has 27 nitrogen and oxygen atoms in total. The lowest BCUT2D eigenvalue weighted by atomic mass is 9.96. The van der Waals surface area contributed by atoms with Gasteiger partial charge in [-0.3, -0.25) is 4.79 Å². The molecule has 33 heteroatoms. The van der Waals surface area contributed by atoms with Gasteiger partial charge in [-0.2, -0.15) is 26.3 Å².